The number of aromatic nitrogens is 4. The topological polar surface area (TPSA) is 92.8 Å². The Morgan fingerprint density at radius 1 is 1.43 bits per heavy atom. The first-order valence-electron chi connectivity index (χ1n) is 7.03. The molecule has 1 aliphatic heterocycles. The number of hydrogen-bond acceptors (Lipinski definition) is 5. The minimum absolute atomic E-state index is 0.0395. The highest BCUT2D eigenvalue weighted by molar-refractivity contribution is 5.79. The summed E-state index contributed by atoms with van der Waals surface area (Å²) in [7, 11) is 0. The van der Waals surface area contributed by atoms with Crippen LogP contribution >= 0.6 is 0 Å². The van der Waals surface area contributed by atoms with Gasteiger partial charge in [-0.05, 0) is 24.5 Å². The van der Waals surface area contributed by atoms with Gasteiger partial charge in [0.2, 0.25) is 5.91 Å². The molecule has 1 atom stereocenters. The Morgan fingerprint density at radius 2 is 2.33 bits per heavy atom. The Morgan fingerprint density at radius 3 is 3.19 bits per heavy atom. The average molecular weight is 287 g/mol. The number of para-hydroxylation sites is 1. The van der Waals surface area contributed by atoms with E-state index in [9.17, 15) is 4.79 Å². The third-order valence-electron chi connectivity index (χ3n) is 3.52. The lowest BCUT2D eigenvalue weighted by atomic mass is 9.96. The van der Waals surface area contributed by atoms with E-state index in [0.29, 0.717) is 25.4 Å². The third kappa shape index (κ3) is 3.36. The van der Waals surface area contributed by atoms with Gasteiger partial charge in [-0.3, -0.25) is 4.79 Å². The highest BCUT2D eigenvalue weighted by Gasteiger charge is 2.25. The summed E-state index contributed by atoms with van der Waals surface area (Å²) in [5.41, 5.74) is 1.09. The van der Waals surface area contributed by atoms with Crippen LogP contribution in [0.1, 0.15) is 17.8 Å². The van der Waals surface area contributed by atoms with Crippen molar-refractivity contribution in [3.8, 4) is 5.75 Å². The van der Waals surface area contributed by atoms with E-state index in [0.717, 1.165) is 24.2 Å². The molecule has 0 bridgehead atoms. The molecule has 7 heteroatoms. The van der Waals surface area contributed by atoms with Crippen LogP contribution in [-0.4, -0.2) is 39.7 Å². The zero-order valence-electron chi connectivity index (χ0n) is 11.6. The second-order valence-electron chi connectivity index (χ2n) is 5.04. The van der Waals surface area contributed by atoms with Gasteiger partial charge in [-0.25, -0.2) is 0 Å². The Labute approximate surface area is 122 Å². The molecule has 0 saturated heterocycles. The number of nitrogens with zero attached hydrogens (tertiary/aromatic N) is 3. The van der Waals surface area contributed by atoms with Crippen LogP contribution in [0, 0.1) is 5.92 Å². The molecule has 21 heavy (non-hydrogen) atoms. The number of benzene rings is 1. The van der Waals surface area contributed by atoms with Crippen molar-refractivity contribution in [1.82, 2.24) is 25.9 Å². The molecule has 0 spiro atoms. The zero-order valence-corrected chi connectivity index (χ0v) is 11.6. The van der Waals surface area contributed by atoms with Gasteiger partial charge in [-0.15, -0.1) is 10.2 Å². The summed E-state index contributed by atoms with van der Waals surface area (Å²) in [6.07, 6.45) is 2.21. The number of tetrazole rings is 1. The van der Waals surface area contributed by atoms with Gasteiger partial charge in [0.05, 0.1) is 5.92 Å². The van der Waals surface area contributed by atoms with Crippen LogP contribution in [0.5, 0.6) is 5.75 Å². The first-order valence-corrected chi connectivity index (χ1v) is 7.03. The van der Waals surface area contributed by atoms with Crippen molar-refractivity contribution in [2.75, 3.05) is 13.2 Å². The van der Waals surface area contributed by atoms with Gasteiger partial charge in [0.25, 0.3) is 0 Å². The molecule has 110 valence electrons. The Balaban J connectivity index is 1.44. The van der Waals surface area contributed by atoms with Gasteiger partial charge < -0.3 is 10.1 Å². The van der Waals surface area contributed by atoms with E-state index >= 15 is 0 Å². The largest absolute Gasteiger partial charge is 0.492 e. The first-order chi connectivity index (χ1) is 10.3. The van der Waals surface area contributed by atoms with Gasteiger partial charge in [0.1, 0.15) is 12.4 Å². The summed E-state index contributed by atoms with van der Waals surface area (Å²) in [5, 5.41) is 16.6. The van der Waals surface area contributed by atoms with Crippen LogP contribution in [0.15, 0.2) is 24.3 Å². The van der Waals surface area contributed by atoms with Crippen molar-refractivity contribution >= 4 is 5.91 Å². The summed E-state index contributed by atoms with van der Waals surface area (Å²) in [4.78, 5) is 12.1. The molecular formula is C14H17N5O2. The van der Waals surface area contributed by atoms with E-state index in [4.69, 9.17) is 4.74 Å². The van der Waals surface area contributed by atoms with E-state index in [1.165, 1.54) is 0 Å². The minimum atomic E-state index is -0.120. The van der Waals surface area contributed by atoms with Gasteiger partial charge >= 0.3 is 0 Å². The fourth-order valence-electron chi connectivity index (χ4n) is 2.39. The average Bonchev–Trinajstić information content (AvgIpc) is 3.04. The first kappa shape index (κ1) is 13.5. The smallest absolute Gasteiger partial charge is 0.226 e. The van der Waals surface area contributed by atoms with Crippen molar-refractivity contribution in [3.63, 3.8) is 0 Å². The maximum absolute atomic E-state index is 12.1. The van der Waals surface area contributed by atoms with Crippen molar-refractivity contribution < 1.29 is 9.53 Å². The van der Waals surface area contributed by atoms with Crippen molar-refractivity contribution in [3.05, 3.63) is 35.7 Å². The van der Waals surface area contributed by atoms with Crippen LogP contribution in [0.2, 0.25) is 0 Å². The van der Waals surface area contributed by atoms with E-state index < -0.39 is 0 Å². The van der Waals surface area contributed by atoms with Crippen LogP contribution in [0.4, 0.5) is 0 Å². The third-order valence-corrected chi connectivity index (χ3v) is 3.52. The molecule has 0 radical (unpaired) electrons. The summed E-state index contributed by atoms with van der Waals surface area (Å²) in [5.74, 6) is 1.47. The molecule has 0 fully saturated rings. The zero-order chi connectivity index (χ0) is 14.5. The Hall–Kier alpha value is -2.44. The molecule has 2 N–H and O–H groups in total. The SMILES string of the molecule is O=C(NCCCc1nn[nH]n1)[C@@H]1COc2ccccc2C1. The molecule has 7 nitrogen and oxygen atoms in total. The lowest BCUT2D eigenvalue weighted by molar-refractivity contribution is -0.126. The van der Waals surface area contributed by atoms with Crippen LogP contribution in [-0.2, 0) is 17.6 Å². The van der Waals surface area contributed by atoms with Crippen LogP contribution in [0.25, 0.3) is 0 Å². The summed E-state index contributed by atoms with van der Waals surface area (Å²) in [6, 6.07) is 7.85. The molecule has 1 aromatic heterocycles. The van der Waals surface area contributed by atoms with Crippen LogP contribution < -0.4 is 10.1 Å². The fourth-order valence-corrected chi connectivity index (χ4v) is 2.39. The summed E-state index contributed by atoms with van der Waals surface area (Å²) < 4.78 is 5.63. The summed E-state index contributed by atoms with van der Waals surface area (Å²) >= 11 is 0. The molecular weight excluding hydrogens is 270 g/mol. The highest BCUT2D eigenvalue weighted by Crippen LogP contribution is 2.26. The lowest BCUT2D eigenvalue weighted by Gasteiger charge is -2.24. The monoisotopic (exact) mass is 287 g/mol. The van der Waals surface area contributed by atoms with Gasteiger partial charge in [0, 0.05) is 13.0 Å². The van der Waals surface area contributed by atoms with Crippen molar-refractivity contribution in [1.29, 1.82) is 0 Å². The second-order valence-corrected chi connectivity index (χ2v) is 5.04. The lowest BCUT2D eigenvalue weighted by Crippen LogP contribution is -2.37. The maximum atomic E-state index is 12.1. The number of carbonyl (C=O) groups is 1. The Kier molecular flexibility index (Phi) is 4.09. The quantitative estimate of drug-likeness (QED) is 0.781. The number of hydrogen-bond donors (Lipinski definition) is 2. The maximum Gasteiger partial charge on any atom is 0.226 e. The molecule has 0 saturated carbocycles. The summed E-state index contributed by atoms with van der Waals surface area (Å²) in [6.45, 7) is 1.04. The number of aromatic amines is 1. The normalized spacial score (nSPS) is 16.9. The minimum Gasteiger partial charge on any atom is -0.492 e. The van der Waals surface area contributed by atoms with Gasteiger partial charge in [-0.2, -0.15) is 5.21 Å². The number of fused-ring (bicyclic) bond motifs is 1. The van der Waals surface area contributed by atoms with E-state index in [2.05, 4.69) is 25.9 Å². The van der Waals surface area contributed by atoms with Gasteiger partial charge in [-0.1, -0.05) is 23.4 Å². The highest BCUT2D eigenvalue weighted by atomic mass is 16.5. The molecule has 0 aliphatic carbocycles. The second kappa shape index (κ2) is 6.34. The van der Waals surface area contributed by atoms with E-state index in [1.54, 1.807) is 0 Å². The van der Waals surface area contributed by atoms with Crippen molar-refractivity contribution in [2.24, 2.45) is 5.92 Å². The molecule has 3 rings (SSSR count). The number of ether oxygens (including phenoxy) is 1. The molecule has 1 amide bonds. The fraction of sp³-hybridized carbons (Fsp3) is 0.429. The van der Waals surface area contributed by atoms with E-state index in [1.807, 2.05) is 24.3 Å². The molecule has 0 unspecified atom stereocenters. The molecule has 1 aromatic carbocycles. The Bertz CT molecular complexity index is 599. The number of rotatable bonds is 5. The van der Waals surface area contributed by atoms with Gasteiger partial charge in [0.15, 0.2) is 5.82 Å². The number of carbonyl (C=O) groups excluding carboxylic acids is 1. The predicted molar refractivity (Wildman–Crippen MR) is 74.6 cm³/mol. The molecule has 2 heterocycles. The standard InChI is InChI=1S/C14H17N5O2/c20-14(15-7-3-6-13-16-18-19-17-13)11-8-10-4-1-2-5-12(10)21-9-11/h1-2,4-5,11H,3,6-9H2,(H,15,20)(H,16,17,18,19)/t11-/m0/s1. The van der Waals surface area contributed by atoms with Crippen molar-refractivity contribution in [2.45, 2.75) is 19.3 Å². The predicted octanol–water partition coefficient (Wildman–Crippen LogP) is 0.500. The van der Waals surface area contributed by atoms with Crippen LogP contribution in [0.3, 0.4) is 0 Å². The molecule has 2 aromatic rings. The number of aryl methyl sites for hydroxylation is 1. The van der Waals surface area contributed by atoms with E-state index in [-0.39, 0.29) is 11.8 Å². The molecule has 1 aliphatic rings. The number of amides is 1. The number of H-pyrrole nitrogens is 1. The number of nitrogens with one attached hydrogen (secondary N) is 2.